The first-order chi connectivity index (χ1) is 14.3. The van der Waals surface area contributed by atoms with Gasteiger partial charge in [0.25, 0.3) is 0 Å². The summed E-state index contributed by atoms with van der Waals surface area (Å²) in [6.07, 6.45) is 2.35. The number of halogens is 3. The lowest BCUT2D eigenvalue weighted by Crippen LogP contribution is -2.39. The largest absolute Gasteiger partial charge is 0.497 e. The van der Waals surface area contributed by atoms with Crippen LogP contribution in [0.25, 0.3) is 0 Å². The van der Waals surface area contributed by atoms with Crippen LogP contribution in [0, 0.1) is 0 Å². The molecule has 0 unspecified atom stereocenters. The van der Waals surface area contributed by atoms with Gasteiger partial charge in [-0.15, -0.1) is 6.58 Å². The Labute approximate surface area is 193 Å². The van der Waals surface area contributed by atoms with E-state index < -0.39 is 11.7 Å². The minimum absolute atomic E-state index is 0.282. The molecule has 164 valence electrons. The van der Waals surface area contributed by atoms with Crippen LogP contribution in [0.15, 0.2) is 49.1 Å². The minimum Gasteiger partial charge on any atom is -0.497 e. The smallest absolute Gasteiger partial charge is 0.118 e. The normalized spacial score (nSPS) is 14.2. The predicted molar refractivity (Wildman–Crippen MR) is 123 cm³/mol. The van der Waals surface area contributed by atoms with Gasteiger partial charge in [-0.05, 0) is 49.6 Å². The number of benzene rings is 2. The quantitative estimate of drug-likeness (QED) is 0.283. The molecule has 0 aliphatic heterocycles. The minimum atomic E-state index is -1.16. The van der Waals surface area contributed by atoms with Gasteiger partial charge in [-0.1, -0.05) is 53.0 Å². The van der Waals surface area contributed by atoms with Crippen LogP contribution < -0.4 is 4.74 Å². The molecule has 0 radical (unpaired) electrons. The summed E-state index contributed by atoms with van der Waals surface area (Å²) in [7, 11) is 1.62. The van der Waals surface area contributed by atoms with Crippen molar-refractivity contribution in [3.63, 3.8) is 0 Å². The Hall–Kier alpha value is -1.27. The Kier molecular flexibility index (Phi) is 9.95. The lowest BCUT2D eigenvalue weighted by atomic mass is 9.95. The zero-order valence-corrected chi connectivity index (χ0v) is 19.4. The van der Waals surface area contributed by atoms with Gasteiger partial charge in [0.1, 0.15) is 11.4 Å². The number of aliphatic hydroxyl groups is 1. The van der Waals surface area contributed by atoms with Gasteiger partial charge in [0, 0.05) is 27.2 Å². The second-order valence-corrected chi connectivity index (χ2v) is 8.37. The summed E-state index contributed by atoms with van der Waals surface area (Å²) in [4.78, 5) is 0. The number of hydrogen-bond donors (Lipinski definition) is 1. The summed E-state index contributed by atoms with van der Waals surface area (Å²) >= 11 is 18.3. The lowest BCUT2D eigenvalue weighted by molar-refractivity contribution is -0.0849. The monoisotopic (exact) mass is 472 g/mol. The molecule has 0 saturated heterocycles. The van der Waals surface area contributed by atoms with Crippen LogP contribution in [-0.4, -0.2) is 30.5 Å². The van der Waals surface area contributed by atoms with Crippen LogP contribution in [0.2, 0.25) is 15.1 Å². The van der Waals surface area contributed by atoms with Crippen molar-refractivity contribution in [3.8, 4) is 5.75 Å². The third-order valence-corrected chi connectivity index (χ3v) is 5.68. The highest BCUT2D eigenvalue weighted by Crippen LogP contribution is 2.29. The molecule has 2 aromatic carbocycles. The van der Waals surface area contributed by atoms with E-state index in [0.717, 1.165) is 11.3 Å². The van der Waals surface area contributed by atoms with E-state index in [4.69, 9.17) is 49.0 Å². The van der Waals surface area contributed by atoms with Crippen LogP contribution in [0.3, 0.4) is 0 Å². The van der Waals surface area contributed by atoms with E-state index in [1.807, 2.05) is 24.3 Å². The second-order valence-electron chi connectivity index (χ2n) is 7.12. The van der Waals surface area contributed by atoms with Crippen molar-refractivity contribution in [3.05, 3.63) is 75.2 Å². The van der Waals surface area contributed by atoms with Crippen molar-refractivity contribution < 1.29 is 19.3 Å². The second kappa shape index (κ2) is 11.9. The zero-order chi connectivity index (χ0) is 22.1. The molecule has 30 heavy (non-hydrogen) atoms. The van der Waals surface area contributed by atoms with Crippen molar-refractivity contribution in [2.24, 2.45) is 0 Å². The molecular formula is C23H27Cl3O4. The average molecular weight is 474 g/mol. The molecule has 0 amide bonds. The van der Waals surface area contributed by atoms with Gasteiger partial charge in [-0.25, -0.2) is 0 Å². The summed E-state index contributed by atoms with van der Waals surface area (Å²) < 4.78 is 16.9. The third-order valence-electron chi connectivity index (χ3n) is 4.78. The van der Waals surface area contributed by atoms with Gasteiger partial charge in [-0.2, -0.15) is 0 Å². The fraction of sp³-hybridized carbons (Fsp3) is 0.391. The first kappa shape index (κ1) is 25.0. The molecule has 0 bridgehead atoms. The fourth-order valence-electron chi connectivity index (χ4n) is 2.85. The summed E-state index contributed by atoms with van der Waals surface area (Å²) in [5, 5.41) is 12.1. The Morgan fingerprint density at radius 1 is 1.10 bits per heavy atom. The zero-order valence-electron chi connectivity index (χ0n) is 17.2. The Morgan fingerprint density at radius 2 is 1.73 bits per heavy atom. The maximum absolute atomic E-state index is 10.6. The van der Waals surface area contributed by atoms with E-state index in [1.54, 1.807) is 26.2 Å². The molecule has 2 aromatic rings. The maximum Gasteiger partial charge on any atom is 0.118 e. The van der Waals surface area contributed by atoms with Crippen LogP contribution >= 0.6 is 34.8 Å². The van der Waals surface area contributed by atoms with Crippen molar-refractivity contribution in [2.75, 3.05) is 13.7 Å². The Morgan fingerprint density at radius 3 is 2.30 bits per heavy atom. The number of rotatable bonds is 12. The summed E-state index contributed by atoms with van der Waals surface area (Å²) in [5.41, 5.74) is 0.534. The topological polar surface area (TPSA) is 47.9 Å². The number of ether oxygens (including phenoxy) is 3. The fourth-order valence-corrected chi connectivity index (χ4v) is 3.78. The number of methoxy groups -OCH3 is 1. The molecule has 0 aliphatic carbocycles. The van der Waals surface area contributed by atoms with Gasteiger partial charge in [-0.3, -0.25) is 0 Å². The van der Waals surface area contributed by atoms with E-state index in [0.29, 0.717) is 46.7 Å². The molecule has 0 heterocycles. The van der Waals surface area contributed by atoms with Gasteiger partial charge >= 0.3 is 0 Å². The van der Waals surface area contributed by atoms with E-state index in [9.17, 15) is 5.11 Å². The molecule has 0 aliphatic rings. The third kappa shape index (κ3) is 7.45. The Balaban J connectivity index is 1.85. The molecule has 1 N–H and O–H groups in total. The predicted octanol–water partition coefficient (Wildman–Crippen LogP) is 6.47. The highest BCUT2D eigenvalue weighted by Gasteiger charge is 2.29. The van der Waals surface area contributed by atoms with Crippen LogP contribution in [0.1, 0.15) is 30.9 Å². The van der Waals surface area contributed by atoms with Crippen LogP contribution in [0.5, 0.6) is 5.75 Å². The van der Waals surface area contributed by atoms with Crippen LogP contribution in [0.4, 0.5) is 0 Å². The molecule has 2 atom stereocenters. The van der Waals surface area contributed by atoms with Crippen LogP contribution in [-0.2, 0) is 22.7 Å². The molecular weight excluding hydrogens is 447 g/mol. The van der Waals surface area contributed by atoms with Crippen molar-refractivity contribution in [1.82, 2.24) is 0 Å². The van der Waals surface area contributed by atoms with Crippen molar-refractivity contribution in [1.29, 1.82) is 0 Å². The molecule has 2 rings (SSSR count). The molecule has 7 heteroatoms. The molecule has 0 fully saturated rings. The van der Waals surface area contributed by atoms with Crippen molar-refractivity contribution >= 4 is 34.8 Å². The van der Waals surface area contributed by atoms with E-state index >= 15 is 0 Å². The highest BCUT2D eigenvalue weighted by molar-refractivity contribution is 6.39. The molecule has 0 spiro atoms. The van der Waals surface area contributed by atoms with Gasteiger partial charge in [0.15, 0.2) is 0 Å². The van der Waals surface area contributed by atoms with E-state index in [2.05, 4.69) is 6.58 Å². The molecule has 0 saturated carbocycles. The van der Waals surface area contributed by atoms with E-state index in [1.165, 1.54) is 6.08 Å². The maximum atomic E-state index is 10.6. The first-order valence-corrected chi connectivity index (χ1v) is 10.7. The van der Waals surface area contributed by atoms with Gasteiger partial charge < -0.3 is 19.3 Å². The standard InChI is InChI=1S/C23H27Cl3O4/c1-4-23(2,27)22(30-14-16-7-9-18(28-3)10-8-16)6-5-11-29-15-19-20(25)12-17(24)13-21(19)26/h4,7-10,12-13,22,27H,1,5-6,11,14-15H2,2-3H3/t22-,23+/m1/s1. The summed E-state index contributed by atoms with van der Waals surface area (Å²) in [6, 6.07) is 10.9. The number of hydrogen-bond acceptors (Lipinski definition) is 4. The van der Waals surface area contributed by atoms with Crippen molar-refractivity contribution in [2.45, 2.75) is 44.7 Å². The Bertz CT molecular complexity index is 799. The summed E-state index contributed by atoms with van der Waals surface area (Å²) in [6.45, 7) is 6.53. The molecule has 0 aromatic heterocycles. The lowest BCUT2D eigenvalue weighted by Gasteiger charge is -2.30. The van der Waals surface area contributed by atoms with E-state index in [-0.39, 0.29) is 6.61 Å². The van der Waals surface area contributed by atoms with Gasteiger partial charge in [0.2, 0.25) is 0 Å². The molecule has 4 nitrogen and oxygen atoms in total. The van der Waals surface area contributed by atoms with Gasteiger partial charge in [0.05, 0.1) is 26.4 Å². The average Bonchev–Trinajstić information content (AvgIpc) is 2.71. The highest BCUT2D eigenvalue weighted by atomic mass is 35.5. The summed E-state index contributed by atoms with van der Waals surface area (Å²) in [5.74, 6) is 0.784. The first-order valence-electron chi connectivity index (χ1n) is 9.58. The SMILES string of the molecule is C=C[C@](C)(O)[C@@H](CCCOCc1c(Cl)cc(Cl)cc1Cl)OCc1ccc(OC)cc1.